The Bertz CT molecular complexity index is 1390. The van der Waals surface area contributed by atoms with Gasteiger partial charge in [0, 0.05) is 25.9 Å². The van der Waals surface area contributed by atoms with Crippen LogP contribution >= 0.6 is 0 Å². The van der Waals surface area contributed by atoms with Crippen LogP contribution in [0.2, 0.25) is 18.1 Å². The van der Waals surface area contributed by atoms with E-state index in [2.05, 4.69) is 59.6 Å². The predicted molar refractivity (Wildman–Crippen MR) is 178 cm³/mol. The number of fused-ring (bicyclic) bond motifs is 1. The second-order valence-electron chi connectivity index (χ2n) is 15.4. The van der Waals surface area contributed by atoms with E-state index in [-0.39, 0.29) is 35.1 Å². The zero-order chi connectivity index (χ0) is 34.2. The standard InChI is InChI=1S/C36H52FNO7Si/c1-22-26(19-29(25-16-18-42-33(25)41)38-28-14-12-11-13-27(28)37)35(7)17-15-32(45-24(3)40)36(8,21-43-46(9,10)34(4,5)6)31(35)20-30(22)44-23(2)39/h11-14,16,26,29-32,38H,1,15,17-21H2,2-10H3/t26-,29-,30+,31+,32-,35+,36+/m1/s1. The van der Waals surface area contributed by atoms with Gasteiger partial charge >= 0.3 is 17.9 Å². The third kappa shape index (κ3) is 7.12. The summed E-state index contributed by atoms with van der Waals surface area (Å²) in [6, 6.07) is 5.78. The molecule has 3 aliphatic rings. The number of hydrogen-bond donors (Lipinski definition) is 1. The lowest BCUT2D eigenvalue weighted by atomic mass is 9.45. The van der Waals surface area contributed by atoms with E-state index in [9.17, 15) is 18.8 Å². The average Bonchev–Trinajstić information content (AvgIpc) is 3.38. The summed E-state index contributed by atoms with van der Waals surface area (Å²) in [5.74, 6) is -1.99. The molecule has 10 heteroatoms. The number of rotatable bonds is 10. The van der Waals surface area contributed by atoms with Gasteiger partial charge in [-0.1, -0.05) is 53.3 Å². The first-order valence-electron chi connectivity index (χ1n) is 16.4. The van der Waals surface area contributed by atoms with E-state index in [4.69, 9.17) is 18.6 Å². The van der Waals surface area contributed by atoms with Crippen LogP contribution in [0.4, 0.5) is 10.1 Å². The summed E-state index contributed by atoms with van der Waals surface area (Å²) >= 11 is 0. The maximum atomic E-state index is 14.9. The van der Waals surface area contributed by atoms with Gasteiger partial charge in [0.1, 0.15) is 24.6 Å². The lowest BCUT2D eigenvalue weighted by molar-refractivity contribution is -0.192. The first-order valence-corrected chi connectivity index (χ1v) is 19.3. The number of hydrogen-bond acceptors (Lipinski definition) is 8. The Hall–Kier alpha value is -2.98. The van der Waals surface area contributed by atoms with E-state index >= 15 is 0 Å². The van der Waals surface area contributed by atoms with Crippen molar-refractivity contribution in [3.63, 3.8) is 0 Å². The van der Waals surface area contributed by atoms with Gasteiger partial charge in [-0.3, -0.25) is 9.59 Å². The van der Waals surface area contributed by atoms with Gasteiger partial charge in [-0.25, -0.2) is 9.18 Å². The van der Waals surface area contributed by atoms with E-state index in [0.29, 0.717) is 37.9 Å². The van der Waals surface area contributed by atoms with Crippen LogP contribution in [-0.4, -0.2) is 57.7 Å². The Morgan fingerprint density at radius 1 is 1.15 bits per heavy atom. The Morgan fingerprint density at radius 2 is 1.80 bits per heavy atom. The number of nitrogens with one attached hydrogen (secondary N) is 1. The van der Waals surface area contributed by atoms with E-state index in [1.54, 1.807) is 24.3 Å². The molecule has 0 saturated heterocycles. The van der Waals surface area contributed by atoms with Gasteiger partial charge in [0.05, 0.1) is 17.3 Å². The summed E-state index contributed by atoms with van der Waals surface area (Å²) in [5, 5.41) is 3.26. The number of para-hydroxylation sites is 1. The maximum absolute atomic E-state index is 14.9. The second-order valence-corrected chi connectivity index (χ2v) is 20.2. The number of ether oxygens (including phenoxy) is 3. The Kier molecular flexibility index (Phi) is 10.3. The molecule has 2 saturated carbocycles. The molecule has 0 spiro atoms. The fourth-order valence-corrected chi connectivity index (χ4v) is 8.81. The van der Waals surface area contributed by atoms with Crippen LogP contribution in [0.15, 0.2) is 48.1 Å². The van der Waals surface area contributed by atoms with Gasteiger partial charge in [-0.15, -0.1) is 0 Å². The van der Waals surface area contributed by atoms with Crippen LogP contribution in [0.1, 0.15) is 74.1 Å². The summed E-state index contributed by atoms with van der Waals surface area (Å²) in [4.78, 5) is 37.8. The van der Waals surface area contributed by atoms with Crippen molar-refractivity contribution in [2.75, 3.05) is 18.5 Å². The van der Waals surface area contributed by atoms with Gasteiger partial charge in [0.25, 0.3) is 0 Å². The predicted octanol–water partition coefficient (Wildman–Crippen LogP) is 7.36. The number of cyclic esters (lactones) is 1. The Labute approximate surface area is 274 Å². The SMILES string of the molecule is C=C1[C@@H](OC(C)=O)C[C@@H]2[C@](C)(CO[Si](C)(C)C(C)(C)C)[C@H](OC(C)=O)CC[C@@]2(C)[C@@H]1C[C@@H](Nc1ccccc1F)C1=CCOC1=O. The third-order valence-corrected chi connectivity index (χ3v) is 15.8. The topological polar surface area (TPSA) is 100 Å². The highest BCUT2D eigenvalue weighted by molar-refractivity contribution is 6.74. The molecule has 46 heavy (non-hydrogen) atoms. The molecular weight excluding hydrogens is 605 g/mol. The molecule has 8 nitrogen and oxygen atoms in total. The summed E-state index contributed by atoms with van der Waals surface area (Å²) < 4.78 is 39.1. The van der Waals surface area contributed by atoms with Gasteiger partial charge in [0.2, 0.25) is 0 Å². The summed E-state index contributed by atoms with van der Waals surface area (Å²) in [6.45, 7) is 23.2. The fraction of sp³-hybridized carbons (Fsp3) is 0.639. The van der Waals surface area contributed by atoms with E-state index in [1.807, 2.05) is 0 Å². The highest BCUT2D eigenvalue weighted by Crippen LogP contribution is 2.63. The second kappa shape index (κ2) is 13.3. The zero-order valence-electron chi connectivity index (χ0n) is 29.0. The van der Waals surface area contributed by atoms with Crippen molar-refractivity contribution in [1.29, 1.82) is 0 Å². The number of carbonyl (C=O) groups excluding carboxylic acids is 3. The molecule has 0 bridgehead atoms. The summed E-state index contributed by atoms with van der Waals surface area (Å²) in [7, 11) is -2.21. The van der Waals surface area contributed by atoms with Crippen LogP contribution < -0.4 is 5.32 Å². The van der Waals surface area contributed by atoms with Gasteiger partial charge in [-0.2, -0.15) is 0 Å². The molecule has 4 rings (SSSR count). The molecule has 1 heterocycles. The maximum Gasteiger partial charge on any atom is 0.336 e. The quantitative estimate of drug-likeness (QED) is 0.121. The molecule has 2 aliphatic carbocycles. The average molecular weight is 658 g/mol. The summed E-state index contributed by atoms with van der Waals surface area (Å²) in [5.41, 5.74) is 0.446. The number of halogens is 1. The minimum atomic E-state index is -2.21. The van der Waals surface area contributed by atoms with Crippen LogP contribution in [0.5, 0.6) is 0 Å². The first kappa shape index (κ1) is 35.9. The van der Waals surface area contributed by atoms with Gasteiger partial charge in [0.15, 0.2) is 8.32 Å². The highest BCUT2D eigenvalue weighted by Gasteiger charge is 2.62. The van der Waals surface area contributed by atoms with Crippen molar-refractivity contribution in [3.8, 4) is 0 Å². The van der Waals surface area contributed by atoms with Crippen molar-refractivity contribution < 1.29 is 37.4 Å². The molecule has 0 radical (unpaired) electrons. The monoisotopic (exact) mass is 657 g/mol. The minimum absolute atomic E-state index is 0.0306. The highest BCUT2D eigenvalue weighted by atomic mass is 28.4. The largest absolute Gasteiger partial charge is 0.462 e. The molecule has 1 aliphatic heterocycles. The number of carbonyl (C=O) groups is 3. The van der Waals surface area contributed by atoms with Crippen molar-refractivity contribution in [2.45, 2.75) is 111 Å². The number of anilines is 1. The molecule has 1 aromatic rings. The van der Waals surface area contributed by atoms with Crippen molar-refractivity contribution >= 4 is 31.9 Å². The molecular formula is C36H52FNO7Si. The van der Waals surface area contributed by atoms with E-state index in [1.165, 1.54) is 19.9 Å². The van der Waals surface area contributed by atoms with Crippen LogP contribution in [0.3, 0.4) is 0 Å². The van der Waals surface area contributed by atoms with E-state index in [0.717, 1.165) is 5.57 Å². The third-order valence-electron chi connectivity index (χ3n) is 11.4. The Balaban J connectivity index is 1.80. The lowest BCUT2D eigenvalue weighted by Gasteiger charge is -2.62. The smallest absolute Gasteiger partial charge is 0.336 e. The van der Waals surface area contributed by atoms with Gasteiger partial charge in [-0.05, 0) is 84.8 Å². The molecule has 1 N–H and O–H groups in total. The molecule has 254 valence electrons. The molecule has 2 fully saturated rings. The Morgan fingerprint density at radius 3 is 2.37 bits per heavy atom. The van der Waals surface area contributed by atoms with Gasteiger partial charge < -0.3 is 24.0 Å². The van der Waals surface area contributed by atoms with Crippen molar-refractivity contribution in [2.24, 2.45) is 22.7 Å². The minimum Gasteiger partial charge on any atom is -0.462 e. The zero-order valence-corrected chi connectivity index (χ0v) is 30.0. The molecule has 0 unspecified atom stereocenters. The molecule has 0 aromatic heterocycles. The number of benzene rings is 1. The lowest BCUT2D eigenvalue weighted by Crippen LogP contribution is -2.62. The first-order chi connectivity index (χ1) is 21.3. The number of esters is 3. The summed E-state index contributed by atoms with van der Waals surface area (Å²) in [6.07, 6.45) is 2.94. The van der Waals surface area contributed by atoms with Crippen LogP contribution in [-0.2, 0) is 33.0 Å². The molecule has 1 aromatic carbocycles. The molecule has 7 atom stereocenters. The van der Waals surface area contributed by atoms with Crippen LogP contribution in [0, 0.1) is 28.5 Å². The molecule has 0 amide bonds. The van der Waals surface area contributed by atoms with E-state index < -0.39 is 55.2 Å². The van der Waals surface area contributed by atoms with Crippen molar-refractivity contribution in [3.05, 3.63) is 53.9 Å². The van der Waals surface area contributed by atoms with Crippen molar-refractivity contribution in [1.82, 2.24) is 0 Å². The van der Waals surface area contributed by atoms with Crippen LogP contribution in [0.25, 0.3) is 0 Å². The normalized spacial score (nSPS) is 30.5. The fourth-order valence-electron chi connectivity index (χ4n) is 7.70.